The summed E-state index contributed by atoms with van der Waals surface area (Å²) in [5.41, 5.74) is 1.90. The van der Waals surface area contributed by atoms with E-state index in [0.29, 0.717) is 28.6 Å². The van der Waals surface area contributed by atoms with Gasteiger partial charge in [0.1, 0.15) is 12.4 Å². The maximum atomic E-state index is 12.4. The van der Waals surface area contributed by atoms with Crippen LogP contribution in [0.1, 0.15) is 22.8 Å². The number of ether oxygens (including phenoxy) is 2. The molecule has 148 valence electrons. The fourth-order valence-electron chi connectivity index (χ4n) is 2.51. The van der Waals surface area contributed by atoms with Crippen molar-refractivity contribution in [3.05, 3.63) is 95.0 Å². The Morgan fingerprint density at radius 1 is 0.966 bits per heavy atom. The Balaban J connectivity index is 1.56. The molecule has 0 radical (unpaired) electrons. The predicted molar refractivity (Wildman–Crippen MR) is 112 cm³/mol. The molecule has 29 heavy (non-hydrogen) atoms. The molecule has 0 aliphatic carbocycles. The molecule has 0 aromatic heterocycles. The maximum Gasteiger partial charge on any atom is 0.339 e. The van der Waals surface area contributed by atoms with Crippen LogP contribution in [-0.4, -0.2) is 18.0 Å². The van der Waals surface area contributed by atoms with Gasteiger partial charge in [-0.15, -0.1) is 0 Å². The molecule has 0 fully saturated rings. The lowest BCUT2D eigenvalue weighted by molar-refractivity contribution is -0.123. The molecule has 1 N–H and O–H groups in total. The number of carbonyl (C=O) groups is 2. The molecule has 1 atom stereocenters. The van der Waals surface area contributed by atoms with Gasteiger partial charge in [0.15, 0.2) is 6.10 Å². The number of esters is 1. The Kier molecular flexibility index (Phi) is 6.87. The SMILES string of the molecule is C[C@H](OC(=O)c1cccc(OCc2ccccc2)c1)C(=O)Nc1ccc(Cl)cc1. The summed E-state index contributed by atoms with van der Waals surface area (Å²) in [6.07, 6.45) is -0.966. The van der Waals surface area contributed by atoms with Crippen molar-refractivity contribution in [2.45, 2.75) is 19.6 Å². The number of halogens is 1. The van der Waals surface area contributed by atoms with Crippen molar-refractivity contribution in [1.82, 2.24) is 0 Å². The minimum atomic E-state index is -0.966. The molecule has 0 aliphatic heterocycles. The molecule has 0 heterocycles. The van der Waals surface area contributed by atoms with E-state index < -0.39 is 18.0 Å². The van der Waals surface area contributed by atoms with Crippen LogP contribution in [0.4, 0.5) is 5.69 Å². The van der Waals surface area contributed by atoms with Crippen molar-refractivity contribution in [3.63, 3.8) is 0 Å². The van der Waals surface area contributed by atoms with Crippen LogP contribution in [0.3, 0.4) is 0 Å². The van der Waals surface area contributed by atoms with Gasteiger partial charge in [-0.25, -0.2) is 4.79 Å². The molecule has 3 rings (SSSR count). The van der Waals surface area contributed by atoms with Gasteiger partial charge in [-0.3, -0.25) is 4.79 Å². The van der Waals surface area contributed by atoms with Gasteiger partial charge in [0.2, 0.25) is 0 Å². The summed E-state index contributed by atoms with van der Waals surface area (Å²) in [5.74, 6) is -0.493. The minimum absolute atomic E-state index is 0.307. The Bertz CT molecular complexity index is 974. The van der Waals surface area contributed by atoms with Gasteiger partial charge in [0.05, 0.1) is 5.56 Å². The molecular formula is C23H20ClNO4. The number of benzene rings is 3. The number of carbonyl (C=O) groups excluding carboxylic acids is 2. The van der Waals surface area contributed by atoms with Gasteiger partial charge in [-0.05, 0) is 55.0 Å². The summed E-state index contributed by atoms with van der Waals surface area (Å²) in [5, 5.41) is 3.24. The van der Waals surface area contributed by atoms with E-state index in [4.69, 9.17) is 21.1 Å². The van der Waals surface area contributed by atoms with E-state index in [9.17, 15) is 9.59 Å². The zero-order chi connectivity index (χ0) is 20.6. The highest BCUT2D eigenvalue weighted by molar-refractivity contribution is 6.30. The average Bonchev–Trinajstić information content (AvgIpc) is 2.74. The summed E-state index contributed by atoms with van der Waals surface area (Å²) >= 11 is 5.83. The molecule has 3 aromatic rings. The molecule has 0 unspecified atom stereocenters. The summed E-state index contributed by atoms with van der Waals surface area (Å²) < 4.78 is 11.0. The molecular weight excluding hydrogens is 390 g/mol. The second-order valence-electron chi connectivity index (χ2n) is 6.35. The molecule has 6 heteroatoms. The van der Waals surface area contributed by atoms with Crippen molar-refractivity contribution >= 4 is 29.2 Å². The van der Waals surface area contributed by atoms with Gasteiger partial charge < -0.3 is 14.8 Å². The van der Waals surface area contributed by atoms with Gasteiger partial charge >= 0.3 is 5.97 Å². The Morgan fingerprint density at radius 3 is 2.41 bits per heavy atom. The quantitative estimate of drug-likeness (QED) is 0.551. The lowest BCUT2D eigenvalue weighted by atomic mass is 10.2. The highest BCUT2D eigenvalue weighted by Gasteiger charge is 2.19. The van der Waals surface area contributed by atoms with Crippen molar-refractivity contribution in [2.75, 3.05) is 5.32 Å². The fraction of sp³-hybridized carbons (Fsp3) is 0.130. The number of nitrogens with one attached hydrogen (secondary N) is 1. The first-order valence-corrected chi connectivity index (χ1v) is 9.43. The van der Waals surface area contributed by atoms with Crippen LogP contribution in [0.2, 0.25) is 5.02 Å². The third-order valence-electron chi connectivity index (χ3n) is 4.08. The Morgan fingerprint density at radius 2 is 1.69 bits per heavy atom. The standard InChI is InChI=1S/C23H20ClNO4/c1-16(22(26)25-20-12-10-19(24)11-13-20)29-23(27)18-8-5-9-21(14-18)28-15-17-6-3-2-4-7-17/h2-14,16H,15H2,1H3,(H,25,26)/t16-/m0/s1. The zero-order valence-electron chi connectivity index (χ0n) is 15.8. The number of hydrogen-bond donors (Lipinski definition) is 1. The summed E-state index contributed by atoms with van der Waals surface area (Å²) in [7, 11) is 0. The average molecular weight is 410 g/mol. The van der Waals surface area contributed by atoms with Gasteiger partial charge in [0, 0.05) is 10.7 Å². The highest BCUT2D eigenvalue weighted by Crippen LogP contribution is 2.17. The van der Waals surface area contributed by atoms with E-state index in [1.165, 1.54) is 6.92 Å². The number of amides is 1. The summed E-state index contributed by atoms with van der Waals surface area (Å²) in [6, 6.07) is 23.0. The minimum Gasteiger partial charge on any atom is -0.489 e. The molecule has 1 amide bonds. The topological polar surface area (TPSA) is 64.6 Å². The molecule has 0 saturated carbocycles. The van der Waals surface area contributed by atoms with Gasteiger partial charge in [-0.2, -0.15) is 0 Å². The maximum absolute atomic E-state index is 12.4. The second-order valence-corrected chi connectivity index (χ2v) is 6.78. The Hall–Kier alpha value is -3.31. The number of anilines is 1. The van der Waals surface area contributed by atoms with Crippen LogP contribution in [0.25, 0.3) is 0 Å². The predicted octanol–water partition coefficient (Wildman–Crippen LogP) is 5.10. The van der Waals surface area contributed by atoms with E-state index >= 15 is 0 Å². The van der Waals surface area contributed by atoms with Crippen LogP contribution in [0.15, 0.2) is 78.9 Å². The van der Waals surface area contributed by atoms with Crippen molar-refractivity contribution in [1.29, 1.82) is 0 Å². The van der Waals surface area contributed by atoms with Gasteiger partial charge in [-0.1, -0.05) is 48.0 Å². The van der Waals surface area contributed by atoms with Crippen LogP contribution in [0, 0.1) is 0 Å². The van der Waals surface area contributed by atoms with Gasteiger partial charge in [0.25, 0.3) is 5.91 Å². The van der Waals surface area contributed by atoms with Crippen LogP contribution >= 0.6 is 11.6 Å². The molecule has 5 nitrogen and oxygen atoms in total. The normalized spacial score (nSPS) is 11.4. The Labute approximate surface area is 174 Å². The smallest absolute Gasteiger partial charge is 0.339 e. The second kappa shape index (κ2) is 9.75. The van der Waals surface area contributed by atoms with Crippen LogP contribution in [0.5, 0.6) is 5.75 Å². The summed E-state index contributed by atoms with van der Waals surface area (Å²) in [4.78, 5) is 24.7. The van der Waals surface area contributed by atoms with Crippen molar-refractivity contribution in [3.8, 4) is 5.75 Å². The number of hydrogen-bond acceptors (Lipinski definition) is 4. The highest BCUT2D eigenvalue weighted by atomic mass is 35.5. The lowest BCUT2D eigenvalue weighted by Crippen LogP contribution is -2.30. The van der Waals surface area contributed by atoms with E-state index in [0.717, 1.165) is 5.56 Å². The monoisotopic (exact) mass is 409 g/mol. The number of rotatable bonds is 7. The van der Waals surface area contributed by atoms with Crippen LogP contribution in [-0.2, 0) is 16.1 Å². The zero-order valence-corrected chi connectivity index (χ0v) is 16.6. The largest absolute Gasteiger partial charge is 0.489 e. The third-order valence-corrected chi connectivity index (χ3v) is 4.33. The van der Waals surface area contributed by atoms with E-state index in [1.807, 2.05) is 30.3 Å². The molecule has 0 saturated heterocycles. The first kappa shape index (κ1) is 20.4. The lowest BCUT2D eigenvalue weighted by Gasteiger charge is -2.14. The van der Waals surface area contributed by atoms with Crippen LogP contribution < -0.4 is 10.1 Å². The first-order valence-electron chi connectivity index (χ1n) is 9.05. The third kappa shape index (κ3) is 6.09. The van der Waals surface area contributed by atoms with Crippen molar-refractivity contribution < 1.29 is 19.1 Å². The van der Waals surface area contributed by atoms with Crippen molar-refractivity contribution in [2.24, 2.45) is 0 Å². The molecule has 0 bridgehead atoms. The fourth-order valence-corrected chi connectivity index (χ4v) is 2.64. The molecule has 0 spiro atoms. The van der Waals surface area contributed by atoms with E-state index in [1.54, 1.807) is 48.5 Å². The first-order chi connectivity index (χ1) is 14.0. The van der Waals surface area contributed by atoms with E-state index in [-0.39, 0.29) is 0 Å². The van der Waals surface area contributed by atoms with E-state index in [2.05, 4.69) is 5.32 Å². The summed E-state index contributed by atoms with van der Waals surface area (Å²) in [6.45, 7) is 1.90. The molecule has 0 aliphatic rings. The molecule has 3 aromatic carbocycles.